The van der Waals surface area contributed by atoms with Crippen molar-refractivity contribution in [3.8, 4) is 0 Å². The Labute approximate surface area is 165 Å². The van der Waals surface area contributed by atoms with Crippen LogP contribution in [0.15, 0.2) is 47.2 Å². The van der Waals surface area contributed by atoms with E-state index in [4.69, 9.17) is 14.6 Å². The summed E-state index contributed by atoms with van der Waals surface area (Å²) in [5, 5.41) is 8.73. The molecule has 9 nitrogen and oxygen atoms in total. The third kappa shape index (κ3) is 5.67. The molecule has 1 aliphatic heterocycles. The van der Waals surface area contributed by atoms with Crippen molar-refractivity contribution in [3.05, 3.63) is 47.2 Å². The average Bonchev–Trinajstić information content (AvgIpc) is 2.72. The zero-order valence-corrected chi connectivity index (χ0v) is 16.3. The number of aliphatic hydroxyl groups is 1. The van der Waals surface area contributed by atoms with Crippen LogP contribution in [0.4, 0.5) is 11.9 Å². The molecule has 10 heteroatoms. The number of ether oxygens (including phenoxy) is 2. The third-order valence-corrected chi connectivity index (χ3v) is 4.14. The molecule has 1 N–H and O–H groups in total. The Hall–Kier alpha value is -2.14. The van der Waals surface area contributed by atoms with Crippen molar-refractivity contribution in [1.82, 2.24) is 19.9 Å². The summed E-state index contributed by atoms with van der Waals surface area (Å²) in [5.74, 6) is 1.25. The minimum Gasteiger partial charge on any atom is -0.394 e. The molecular weight excluding hydrogens is 416 g/mol. The van der Waals surface area contributed by atoms with Crippen LogP contribution in [-0.4, -0.2) is 71.2 Å². The molecule has 3 heterocycles. The molecule has 0 amide bonds. The van der Waals surface area contributed by atoms with Crippen LogP contribution in [0.1, 0.15) is 0 Å². The lowest BCUT2D eigenvalue weighted by Crippen LogP contribution is -2.41. The smallest absolute Gasteiger partial charge is 0.229 e. The van der Waals surface area contributed by atoms with Crippen molar-refractivity contribution in [2.75, 3.05) is 55.9 Å². The van der Waals surface area contributed by atoms with E-state index in [2.05, 4.69) is 35.9 Å². The summed E-state index contributed by atoms with van der Waals surface area (Å²) in [6.07, 6.45) is 8.83. The molecule has 0 unspecified atom stereocenters. The molecule has 2 aromatic rings. The maximum Gasteiger partial charge on any atom is 0.229 e. The van der Waals surface area contributed by atoms with Crippen LogP contribution in [-0.2, 0) is 9.47 Å². The van der Waals surface area contributed by atoms with Gasteiger partial charge in [-0.15, -0.1) is 0 Å². The summed E-state index contributed by atoms with van der Waals surface area (Å²) in [6, 6.07) is 1.79. The molecule has 0 fully saturated rings. The first-order valence-electron chi connectivity index (χ1n) is 8.53. The van der Waals surface area contributed by atoms with Crippen LogP contribution >= 0.6 is 15.9 Å². The molecule has 0 radical (unpaired) electrons. The van der Waals surface area contributed by atoms with Gasteiger partial charge in [0, 0.05) is 44.1 Å². The molecule has 0 bridgehead atoms. The molecule has 0 spiro atoms. The lowest BCUT2D eigenvalue weighted by Gasteiger charge is -2.33. The van der Waals surface area contributed by atoms with E-state index in [1.165, 1.54) is 0 Å². The quantitative estimate of drug-likeness (QED) is 0.581. The molecule has 3 rings (SSSR count). The first-order valence-corrected chi connectivity index (χ1v) is 9.33. The van der Waals surface area contributed by atoms with Gasteiger partial charge in [0.1, 0.15) is 0 Å². The number of hydrogen-bond acceptors (Lipinski definition) is 9. The van der Waals surface area contributed by atoms with Crippen molar-refractivity contribution in [3.63, 3.8) is 0 Å². The third-order valence-electron chi connectivity index (χ3n) is 3.73. The Bertz CT molecular complexity index is 731. The van der Waals surface area contributed by atoms with Crippen molar-refractivity contribution < 1.29 is 14.6 Å². The molecule has 2 aromatic heterocycles. The number of aromatic nitrogens is 4. The van der Waals surface area contributed by atoms with E-state index in [0.717, 1.165) is 10.2 Å². The fourth-order valence-electron chi connectivity index (χ4n) is 2.51. The van der Waals surface area contributed by atoms with E-state index in [0.29, 0.717) is 51.4 Å². The van der Waals surface area contributed by atoms with Gasteiger partial charge in [0.15, 0.2) is 0 Å². The Kier molecular flexibility index (Phi) is 7.45. The van der Waals surface area contributed by atoms with Gasteiger partial charge in [0.25, 0.3) is 0 Å². The SMILES string of the molecule is OCCOCCOCC1=CN(c2ncc(Br)cn2)CCN1c1ncccn1. The lowest BCUT2D eigenvalue weighted by molar-refractivity contribution is 0.0390. The Balaban J connectivity index is 1.71. The number of rotatable bonds is 9. The van der Waals surface area contributed by atoms with Crippen LogP contribution in [0.25, 0.3) is 0 Å². The van der Waals surface area contributed by atoms with Crippen molar-refractivity contribution in [1.29, 1.82) is 0 Å². The van der Waals surface area contributed by atoms with E-state index in [9.17, 15) is 0 Å². The fourth-order valence-corrected chi connectivity index (χ4v) is 2.72. The van der Waals surface area contributed by atoms with E-state index in [1.807, 2.05) is 16.0 Å². The minimum absolute atomic E-state index is 0.00638. The van der Waals surface area contributed by atoms with Crippen LogP contribution < -0.4 is 9.80 Å². The molecule has 0 saturated heterocycles. The van der Waals surface area contributed by atoms with Crippen molar-refractivity contribution >= 4 is 27.8 Å². The van der Waals surface area contributed by atoms with Crippen LogP contribution in [0, 0.1) is 0 Å². The van der Waals surface area contributed by atoms with E-state index in [1.54, 1.807) is 30.9 Å². The maximum atomic E-state index is 8.73. The molecular formula is C17H21BrN6O3. The minimum atomic E-state index is 0.00638. The molecule has 0 aliphatic carbocycles. The van der Waals surface area contributed by atoms with Crippen LogP contribution in [0.5, 0.6) is 0 Å². The normalized spacial score (nSPS) is 14.4. The van der Waals surface area contributed by atoms with Gasteiger partial charge in [-0.2, -0.15) is 0 Å². The highest BCUT2D eigenvalue weighted by molar-refractivity contribution is 9.10. The summed E-state index contributed by atoms with van der Waals surface area (Å²) in [6.45, 7) is 2.92. The maximum absolute atomic E-state index is 8.73. The fraction of sp³-hybridized carbons (Fsp3) is 0.412. The number of halogens is 1. The zero-order valence-electron chi connectivity index (χ0n) is 14.7. The summed E-state index contributed by atoms with van der Waals surface area (Å²) < 4.78 is 11.8. The van der Waals surface area contributed by atoms with Crippen molar-refractivity contribution in [2.45, 2.75) is 0 Å². The first kappa shape index (κ1) is 19.6. The highest BCUT2D eigenvalue weighted by Gasteiger charge is 2.23. The summed E-state index contributed by atoms with van der Waals surface area (Å²) in [4.78, 5) is 21.4. The van der Waals surface area contributed by atoms with Gasteiger partial charge in [-0.1, -0.05) is 0 Å². The van der Waals surface area contributed by atoms with Crippen LogP contribution in [0.3, 0.4) is 0 Å². The molecule has 0 atom stereocenters. The van der Waals surface area contributed by atoms with Gasteiger partial charge in [-0.3, -0.25) is 0 Å². The molecule has 27 heavy (non-hydrogen) atoms. The number of nitrogens with zero attached hydrogens (tertiary/aromatic N) is 6. The second kappa shape index (κ2) is 10.3. The summed E-state index contributed by atoms with van der Waals surface area (Å²) in [7, 11) is 0. The van der Waals surface area contributed by atoms with Gasteiger partial charge in [0.05, 0.1) is 43.2 Å². The van der Waals surface area contributed by atoms with E-state index < -0.39 is 0 Å². The van der Waals surface area contributed by atoms with Gasteiger partial charge < -0.3 is 24.4 Å². The molecule has 0 saturated carbocycles. The van der Waals surface area contributed by atoms with Gasteiger partial charge in [0.2, 0.25) is 11.9 Å². The van der Waals surface area contributed by atoms with E-state index in [-0.39, 0.29) is 6.61 Å². The first-order chi connectivity index (χ1) is 13.3. The number of hydrogen-bond donors (Lipinski definition) is 1. The Morgan fingerprint density at radius 3 is 2.44 bits per heavy atom. The zero-order chi connectivity index (χ0) is 18.9. The highest BCUT2D eigenvalue weighted by Crippen LogP contribution is 2.21. The van der Waals surface area contributed by atoms with Gasteiger partial charge in [-0.25, -0.2) is 19.9 Å². The predicted molar refractivity (Wildman–Crippen MR) is 103 cm³/mol. The second-order valence-corrected chi connectivity index (χ2v) is 6.52. The summed E-state index contributed by atoms with van der Waals surface area (Å²) in [5.41, 5.74) is 0.904. The largest absolute Gasteiger partial charge is 0.394 e. The number of anilines is 2. The number of aliphatic hydroxyl groups excluding tert-OH is 1. The Morgan fingerprint density at radius 2 is 1.70 bits per heavy atom. The van der Waals surface area contributed by atoms with Gasteiger partial charge >= 0.3 is 0 Å². The lowest BCUT2D eigenvalue weighted by atomic mass is 10.3. The molecule has 144 valence electrons. The second-order valence-electron chi connectivity index (χ2n) is 5.60. The predicted octanol–water partition coefficient (Wildman–Crippen LogP) is 1.22. The van der Waals surface area contributed by atoms with E-state index >= 15 is 0 Å². The van der Waals surface area contributed by atoms with Gasteiger partial charge in [-0.05, 0) is 22.0 Å². The standard InChI is InChI=1S/C17H21BrN6O3/c18-14-10-21-16(22-11-14)23-4-5-24(17-19-2-1-3-20-17)15(12-23)13-27-9-8-26-7-6-25/h1-3,10-12,25H,4-9,13H2. The monoisotopic (exact) mass is 436 g/mol. The molecule has 0 aromatic carbocycles. The average molecular weight is 437 g/mol. The topological polar surface area (TPSA) is 96.7 Å². The molecule has 1 aliphatic rings. The Morgan fingerprint density at radius 1 is 0.963 bits per heavy atom. The van der Waals surface area contributed by atoms with Crippen molar-refractivity contribution in [2.24, 2.45) is 0 Å². The summed E-state index contributed by atoms with van der Waals surface area (Å²) >= 11 is 3.35. The van der Waals surface area contributed by atoms with Crippen LogP contribution in [0.2, 0.25) is 0 Å². The highest BCUT2D eigenvalue weighted by atomic mass is 79.9.